The molecule has 1 atom stereocenters. The summed E-state index contributed by atoms with van der Waals surface area (Å²) in [6.45, 7) is 2.46. The molecule has 4 N–H and O–H groups in total. The van der Waals surface area contributed by atoms with E-state index in [2.05, 4.69) is 21.9 Å². The number of hydrogen-bond donors (Lipinski definition) is 3. The lowest BCUT2D eigenvalue weighted by atomic mass is 9.94. The number of nitrogens with two attached hydrogens (primary N) is 1. The van der Waals surface area contributed by atoms with Crippen LogP contribution in [-0.4, -0.2) is 46.7 Å². The molecule has 5 nitrogen and oxygen atoms in total. The minimum atomic E-state index is -0.667. The number of aromatic amines is 1. The van der Waals surface area contributed by atoms with Crippen LogP contribution in [0.2, 0.25) is 0 Å². The summed E-state index contributed by atoms with van der Waals surface area (Å²) < 4.78 is 0. The first-order valence-corrected chi connectivity index (χ1v) is 5.82. The molecule has 16 heavy (non-hydrogen) atoms. The fraction of sp³-hybridized carbons (Fsp3) is 0.727. The molecule has 0 spiro atoms. The fourth-order valence-corrected chi connectivity index (χ4v) is 2.16. The molecule has 1 aliphatic rings. The number of nitrogens with one attached hydrogen (secondary N) is 1. The predicted octanol–water partition coefficient (Wildman–Crippen LogP) is 0.211. The van der Waals surface area contributed by atoms with Crippen molar-refractivity contribution >= 4 is 0 Å². The second-order valence-corrected chi connectivity index (χ2v) is 4.55. The van der Waals surface area contributed by atoms with E-state index < -0.39 is 6.10 Å². The first-order valence-electron chi connectivity index (χ1n) is 5.82. The summed E-state index contributed by atoms with van der Waals surface area (Å²) in [6, 6.07) is 0. The van der Waals surface area contributed by atoms with Crippen LogP contribution in [0.1, 0.15) is 36.4 Å². The number of nitrogens with zero attached hydrogens (tertiary/aromatic N) is 2. The van der Waals surface area contributed by atoms with Crippen molar-refractivity contribution in [3.63, 3.8) is 0 Å². The zero-order valence-corrected chi connectivity index (χ0v) is 9.69. The molecule has 5 heteroatoms. The van der Waals surface area contributed by atoms with Gasteiger partial charge in [0.15, 0.2) is 0 Å². The van der Waals surface area contributed by atoms with E-state index in [-0.39, 0.29) is 6.54 Å². The summed E-state index contributed by atoms with van der Waals surface area (Å²) >= 11 is 0. The number of rotatable bonds is 3. The van der Waals surface area contributed by atoms with Crippen LogP contribution >= 0.6 is 0 Å². The van der Waals surface area contributed by atoms with Gasteiger partial charge in [0.1, 0.15) is 11.9 Å². The van der Waals surface area contributed by atoms with Crippen molar-refractivity contribution < 1.29 is 5.11 Å². The summed E-state index contributed by atoms with van der Waals surface area (Å²) in [5.41, 5.74) is 6.53. The molecular weight excluding hydrogens is 204 g/mol. The number of aliphatic hydroxyl groups excluding tert-OH is 1. The monoisotopic (exact) mass is 224 g/mol. The Labute approximate surface area is 95.7 Å². The Morgan fingerprint density at radius 2 is 2.31 bits per heavy atom. The maximum atomic E-state index is 9.56. The fourth-order valence-electron chi connectivity index (χ4n) is 2.16. The lowest BCUT2D eigenvalue weighted by molar-refractivity contribution is 0.177. The topological polar surface area (TPSA) is 78.2 Å². The minimum Gasteiger partial charge on any atom is -0.384 e. The molecule has 0 aliphatic carbocycles. The van der Waals surface area contributed by atoms with Crippen LogP contribution in [0.5, 0.6) is 0 Å². The molecule has 90 valence electrons. The highest BCUT2D eigenvalue weighted by Crippen LogP contribution is 2.26. The molecule has 2 rings (SSSR count). The quantitative estimate of drug-likeness (QED) is 0.686. The summed E-state index contributed by atoms with van der Waals surface area (Å²) in [4.78, 5) is 9.71. The van der Waals surface area contributed by atoms with Gasteiger partial charge in [0.25, 0.3) is 0 Å². The van der Waals surface area contributed by atoms with Crippen molar-refractivity contribution in [1.29, 1.82) is 0 Å². The van der Waals surface area contributed by atoms with Gasteiger partial charge in [-0.2, -0.15) is 0 Å². The number of aliphatic hydroxyl groups is 1. The minimum absolute atomic E-state index is 0.209. The molecule has 0 bridgehead atoms. The summed E-state index contributed by atoms with van der Waals surface area (Å²) in [5, 5.41) is 9.56. The highest BCUT2D eigenvalue weighted by Gasteiger charge is 2.21. The largest absolute Gasteiger partial charge is 0.384 e. The van der Waals surface area contributed by atoms with Crippen molar-refractivity contribution in [2.75, 3.05) is 26.7 Å². The number of imidazole rings is 1. The molecule has 1 fully saturated rings. The molecule has 2 heterocycles. The number of hydrogen-bond acceptors (Lipinski definition) is 4. The van der Waals surface area contributed by atoms with Gasteiger partial charge in [-0.05, 0) is 33.0 Å². The molecular formula is C11H20N4O. The van der Waals surface area contributed by atoms with Gasteiger partial charge in [0.2, 0.25) is 0 Å². The van der Waals surface area contributed by atoms with E-state index in [0.29, 0.717) is 11.7 Å². The van der Waals surface area contributed by atoms with Crippen molar-refractivity contribution in [2.24, 2.45) is 5.73 Å². The standard InChI is InChI=1S/C11H20N4O/c1-15-4-2-8(3-5-15)9-7-13-11(14-9)10(16)6-12/h7-8,10,16H,2-6,12H2,1H3,(H,13,14). The van der Waals surface area contributed by atoms with Crippen LogP contribution in [0.25, 0.3) is 0 Å². The van der Waals surface area contributed by atoms with Gasteiger partial charge >= 0.3 is 0 Å². The normalized spacial score (nSPS) is 21.2. The van der Waals surface area contributed by atoms with Crippen LogP contribution in [0.3, 0.4) is 0 Å². The SMILES string of the molecule is CN1CCC(c2cnc(C(O)CN)[nH]2)CC1. The van der Waals surface area contributed by atoms with Crippen LogP contribution in [0.15, 0.2) is 6.20 Å². The van der Waals surface area contributed by atoms with E-state index in [1.807, 2.05) is 6.20 Å². The highest BCUT2D eigenvalue weighted by molar-refractivity contribution is 5.10. The third-order valence-electron chi connectivity index (χ3n) is 3.31. The molecule has 0 radical (unpaired) electrons. The van der Waals surface area contributed by atoms with E-state index in [1.165, 1.54) is 0 Å². The number of likely N-dealkylation sites (tertiary alicyclic amines) is 1. The Balaban J connectivity index is 2.01. The predicted molar refractivity (Wildman–Crippen MR) is 62.1 cm³/mol. The van der Waals surface area contributed by atoms with Crippen molar-refractivity contribution in [1.82, 2.24) is 14.9 Å². The van der Waals surface area contributed by atoms with Gasteiger partial charge < -0.3 is 20.7 Å². The van der Waals surface area contributed by atoms with Crippen LogP contribution < -0.4 is 5.73 Å². The van der Waals surface area contributed by atoms with Gasteiger partial charge in [-0.25, -0.2) is 4.98 Å². The average molecular weight is 224 g/mol. The van der Waals surface area contributed by atoms with Gasteiger partial charge in [0, 0.05) is 24.4 Å². The van der Waals surface area contributed by atoms with Crippen molar-refractivity contribution in [3.8, 4) is 0 Å². The highest BCUT2D eigenvalue weighted by atomic mass is 16.3. The molecule has 1 aromatic rings. The molecule has 1 saturated heterocycles. The first-order chi connectivity index (χ1) is 7.70. The van der Waals surface area contributed by atoms with Crippen LogP contribution in [0, 0.1) is 0 Å². The lowest BCUT2D eigenvalue weighted by Crippen LogP contribution is -2.29. The third kappa shape index (κ3) is 2.42. The van der Waals surface area contributed by atoms with E-state index in [0.717, 1.165) is 31.6 Å². The Bertz CT molecular complexity index is 330. The van der Waals surface area contributed by atoms with Crippen molar-refractivity contribution in [3.05, 3.63) is 17.7 Å². The van der Waals surface area contributed by atoms with E-state index in [1.54, 1.807) is 0 Å². The second-order valence-electron chi connectivity index (χ2n) is 4.55. The van der Waals surface area contributed by atoms with Crippen LogP contribution in [0.4, 0.5) is 0 Å². The third-order valence-corrected chi connectivity index (χ3v) is 3.31. The molecule has 0 aromatic carbocycles. The Kier molecular flexibility index (Phi) is 3.58. The maximum absolute atomic E-state index is 9.56. The lowest BCUT2D eigenvalue weighted by Gasteiger charge is -2.28. The number of aromatic nitrogens is 2. The second kappa shape index (κ2) is 4.95. The average Bonchev–Trinajstić information content (AvgIpc) is 2.78. The van der Waals surface area contributed by atoms with Gasteiger partial charge in [-0.3, -0.25) is 0 Å². The summed E-state index contributed by atoms with van der Waals surface area (Å²) in [6.07, 6.45) is 3.47. The van der Waals surface area contributed by atoms with E-state index >= 15 is 0 Å². The molecule has 1 aromatic heterocycles. The molecule has 0 saturated carbocycles. The summed E-state index contributed by atoms with van der Waals surface area (Å²) in [5.74, 6) is 1.14. The molecule has 0 amide bonds. The van der Waals surface area contributed by atoms with E-state index in [4.69, 9.17) is 5.73 Å². The Morgan fingerprint density at radius 1 is 1.62 bits per heavy atom. The Hall–Kier alpha value is -0.910. The zero-order valence-electron chi connectivity index (χ0n) is 9.69. The van der Waals surface area contributed by atoms with Gasteiger partial charge in [-0.15, -0.1) is 0 Å². The maximum Gasteiger partial charge on any atom is 0.136 e. The number of piperidine rings is 1. The zero-order chi connectivity index (χ0) is 11.5. The van der Waals surface area contributed by atoms with E-state index in [9.17, 15) is 5.11 Å². The van der Waals surface area contributed by atoms with Gasteiger partial charge in [-0.1, -0.05) is 0 Å². The summed E-state index contributed by atoms with van der Waals surface area (Å²) in [7, 11) is 2.15. The number of H-pyrrole nitrogens is 1. The van der Waals surface area contributed by atoms with Gasteiger partial charge in [0.05, 0.1) is 0 Å². The Morgan fingerprint density at radius 3 is 2.94 bits per heavy atom. The first kappa shape index (κ1) is 11.6. The smallest absolute Gasteiger partial charge is 0.136 e. The molecule has 1 aliphatic heterocycles. The van der Waals surface area contributed by atoms with Crippen molar-refractivity contribution in [2.45, 2.75) is 24.9 Å². The molecule has 1 unspecified atom stereocenters. The van der Waals surface area contributed by atoms with Crippen LogP contribution in [-0.2, 0) is 0 Å².